The zero-order chi connectivity index (χ0) is 15.9. The number of hydrogen-bond acceptors (Lipinski definition) is 3. The Kier molecular flexibility index (Phi) is 5.78. The van der Waals surface area contributed by atoms with E-state index in [0.717, 1.165) is 6.42 Å². The van der Waals surface area contributed by atoms with Gasteiger partial charge in [0.05, 0.1) is 5.02 Å². The molecule has 2 rings (SSSR count). The number of ether oxygens (including phenoxy) is 1. The van der Waals surface area contributed by atoms with Gasteiger partial charge in [0.25, 0.3) is 5.91 Å². The number of anilines is 1. The molecule has 0 spiro atoms. The van der Waals surface area contributed by atoms with Crippen LogP contribution in [-0.4, -0.2) is 17.5 Å². The lowest BCUT2D eigenvalue weighted by Gasteiger charge is -2.10. The third-order valence-corrected chi connectivity index (χ3v) is 3.65. The van der Waals surface area contributed by atoms with Gasteiger partial charge >= 0.3 is 0 Å². The van der Waals surface area contributed by atoms with E-state index in [-0.39, 0.29) is 12.5 Å². The Labute approximate surface area is 135 Å². The van der Waals surface area contributed by atoms with Crippen molar-refractivity contribution in [1.29, 1.82) is 0 Å². The van der Waals surface area contributed by atoms with Crippen LogP contribution in [-0.2, 0) is 4.79 Å². The number of benzene rings is 1. The maximum absolute atomic E-state index is 11.8. The number of halogens is 1. The summed E-state index contributed by atoms with van der Waals surface area (Å²) in [6, 6.07) is 11.1. The monoisotopic (exact) mass is 318 g/mol. The first-order valence-corrected chi connectivity index (χ1v) is 7.60. The summed E-state index contributed by atoms with van der Waals surface area (Å²) < 4.78 is 5.47. The summed E-state index contributed by atoms with van der Waals surface area (Å²) in [6.07, 6.45) is 2.57. The Morgan fingerprint density at radius 3 is 2.59 bits per heavy atom. The summed E-state index contributed by atoms with van der Waals surface area (Å²) in [4.78, 5) is 15.8. The maximum atomic E-state index is 11.8. The smallest absolute Gasteiger partial charge is 0.263 e. The highest BCUT2D eigenvalue weighted by atomic mass is 35.5. The number of pyridine rings is 1. The first kappa shape index (κ1) is 16.3. The minimum Gasteiger partial charge on any atom is -0.484 e. The van der Waals surface area contributed by atoms with E-state index in [9.17, 15) is 4.79 Å². The SMILES string of the molecule is CC[C@@H](C)c1ccc(OCC(=O)Nc2ccc(Cl)cn2)cc1. The second kappa shape index (κ2) is 7.80. The molecule has 5 heteroatoms. The van der Waals surface area contributed by atoms with Crippen LogP contribution in [0.25, 0.3) is 0 Å². The van der Waals surface area contributed by atoms with Gasteiger partial charge in [-0.2, -0.15) is 0 Å². The molecule has 0 saturated heterocycles. The number of carbonyl (C=O) groups is 1. The molecule has 2 aromatic rings. The number of carbonyl (C=O) groups excluding carboxylic acids is 1. The molecule has 0 saturated carbocycles. The van der Waals surface area contributed by atoms with E-state index in [1.165, 1.54) is 11.8 Å². The Balaban J connectivity index is 1.84. The summed E-state index contributed by atoms with van der Waals surface area (Å²) in [5.74, 6) is 1.38. The Bertz CT molecular complexity index is 612. The van der Waals surface area contributed by atoms with Gasteiger partial charge in [-0.3, -0.25) is 4.79 Å². The van der Waals surface area contributed by atoms with Gasteiger partial charge < -0.3 is 10.1 Å². The number of nitrogens with zero attached hydrogens (tertiary/aromatic N) is 1. The van der Waals surface area contributed by atoms with Crippen LogP contribution in [0.2, 0.25) is 5.02 Å². The van der Waals surface area contributed by atoms with Crippen molar-refractivity contribution in [3.05, 3.63) is 53.2 Å². The van der Waals surface area contributed by atoms with Crippen LogP contribution in [0.5, 0.6) is 5.75 Å². The lowest BCUT2D eigenvalue weighted by Crippen LogP contribution is -2.20. The van der Waals surface area contributed by atoms with Gasteiger partial charge in [-0.1, -0.05) is 37.6 Å². The molecule has 116 valence electrons. The van der Waals surface area contributed by atoms with Crippen LogP contribution >= 0.6 is 11.6 Å². The molecule has 1 aromatic heterocycles. The van der Waals surface area contributed by atoms with Crippen molar-refractivity contribution in [2.75, 3.05) is 11.9 Å². The van der Waals surface area contributed by atoms with E-state index >= 15 is 0 Å². The van der Waals surface area contributed by atoms with Crippen molar-refractivity contribution >= 4 is 23.3 Å². The Morgan fingerprint density at radius 1 is 1.27 bits per heavy atom. The van der Waals surface area contributed by atoms with Gasteiger partial charge in [0.2, 0.25) is 0 Å². The zero-order valence-electron chi connectivity index (χ0n) is 12.7. The van der Waals surface area contributed by atoms with E-state index in [0.29, 0.717) is 22.5 Å². The number of amides is 1. The molecule has 4 nitrogen and oxygen atoms in total. The highest BCUT2D eigenvalue weighted by Crippen LogP contribution is 2.21. The number of nitrogens with one attached hydrogen (secondary N) is 1. The molecule has 1 aromatic carbocycles. The minimum atomic E-state index is -0.263. The molecule has 0 aliphatic rings. The minimum absolute atomic E-state index is 0.0625. The summed E-state index contributed by atoms with van der Waals surface area (Å²) in [5, 5.41) is 3.17. The molecule has 0 bridgehead atoms. The molecule has 22 heavy (non-hydrogen) atoms. The van der Waals surface area contributed by atoms with Crippen molar-refractivity contribution in [2.24, 2.45) is 0 Å². The van der Waals surface area contributed by atoms with Crippen LogP contribution < -0.4 is 10.1 Å². The van der Waals surface area contributed by atoms with Gasteiger partial charge in [-0.15, -0.1) is 0 Å². The fourth-order valence-electron chi connectivity index (χ4n) is 1.91. The highest BCUT2D eigenvalue weighted by Gasteiger charge is 2.06. The molecule has 0 radical (unpaired) electrons. The standard InChI is InChI=1S/C17H19ClN2O2/c1-3-12(2)13-4-7-15(8-5-13)22-11-17(21)20-16-9-6-14(18)10-19-16/h4-10,12H,3,11H2,1-2H3,(H,19,20,21)/t12-/m1/s1. The lowest BCUT2D eigenvalue weighted by molar-refractivity contribution is -0.118. The largest absolute Gasteiger partial charge is 0.484 e. The van der Waals surface area contributed by atoms with E-state index < -0.39 is 0 Å². The van der Waals surface area contributed by atoms with Crippen molar-refractivity contribution in [3.63, 3.8) is 0 Å². The second-order valence-corrected chi connectivity index (χ2v) is 5.51. The highest BCUT2D eigenvalue weighted by molar-refractivity contribution is 6.30. The van der Waals surface area contributed by atoms with E-state index in [4.69, 9.17) is 16.3 Å². The molecule has 0 unspecified atom stereocenters. The van der Waals surface area contributed by atoms with Gasteiger partial charge in [0.15, 0.2) is 6.61 Å². The van der Waals surface area contributed by atoms with E-state index in [2.05, 4.69) is 24.1 Å². The fraction of sp³-hybridized carbons (Fsp3) is 0.294. The molecular weight excluding hydrogens is 300 g/mol. The maximum Gasteiger partial charge on any atom is 0.263 e. The molecule has 1 N–H and O–H groups in total. The summed E-state index contributed by atoms with van der Waals surface area (Å²) in [6.45, 7) is 4.28. The average molecular weight is 319 g/mol. The Morgan fingerprint density at radius 2 is 2.00 bits per heavy atom. The first-order chi connectivity index (χ1) is 10.6. The predicted molar refractivity (Wildman–Crippen MR) is 88.5 cm³/mol. The van der Waals surface area contributed by atoms with E-state index in [1.54, 1.807) is 12.1 Å². The van der Waals surface area contributed by atoms with Gasteiger partial charge in [0.1, 0.15) is 11.6 Å². The van der Waals surface area contributed by atoms with Gasteiger partial charge in [-0.25, -0.2) is 4.98 Å². The summed E-state index contributed by atoms with van der Waals surface area (Å²) in [5.41, 5.74) is 1.27. The van der Waals surface area contributed by atoms with Gasteiger partial charge in [0, 0.05) is 6.20 Å². The molecule has 0 aliphatic carbocycles. The summed E-state index contributed by atoms with van der Waals surface area (Å²) in [7, 11) is 0. The summed E-state index contributed by atoms with van der Waals surface area (Å²) >= 11 is 5.73. The molecule has 0 fully saturated rings. The van der Waals surface area contributed by atoms with Crippen molar-refractivity contribution in [1.82, 2.24) is 4.98 Å². The van der Waals surface area contributed by atoms with E-state index in [1.807, 2.05) is 24.3 Å². The number of rotatable bonds is 6. The lowest BCUT2D eigenvalue weighted by atomic mass is 9.99. The third kappa shape index (κ3) is 4.74. The normalized spacial score (nSPS) is 11.8. The first-order valence-electron chi connectivity index (χ1n) is 7.22. The van der Waals surface area contributed by atoms with Crippen molar-refractivity contribution < 1.29 is 9.53 Å². The van der Waals surface area contributed by atoms with Crippen molar-refractivity contribution in [2.45, 2.75) is 26.2 Å². The van der Waals surface area contributed by atoms with Crippen LogP contribution in [0.4, 0.5) is 5.82 Å². The fourth-order valence-corrected chi connectivity index (χ4v) is 2.02. The number of hydrogen-bond donors (Lipinski definition) is 1. The number of aromatic nitrogens is 1. The Hall–Kier alpha value is -2.07. The van der Waals surface area contributed by atoms with Crippen LogP contribution in [0, 0.1) is 0 Å². The third-order valence-electron chi connectivity index (χ3n) is 3.43. The zero-order valence-corrected chi connectivity index (χ0v) is 13.4. The molecular formula is C17H19ClN2O2. The van der Waals surface area contributed by atoms with Gasteiger partial charge in [-0.05, 0) is 42.2 Å². The second-order valence-electron chi connectivity index (χ2n) is 5.08. The van der Waals surface area contributed by atoms with Crippen molar-refractivity contribution in [3.8, 4) is 5.75 Å². The molecule has 1 heterocycles. The average Bonchev–Trinajstić information content (AvgIpc) is 2.55. The molecule has 0 aliphatic heterocycles. The molecule has 1 amide bonds. The predicted octanol–water partition coefficient (Wildman–Crippen LogP) is 4.27. The van der Waals surface area contributed by atoms with Crippen LogP contribution in [0.15, 0.2) is 42.6 Å². The molecule has 1 atom stereocenters. The van der Waals surface area contributed by atoms with Crippen LogP contribution in [0.3, 0.4) is 0 Å². The quantitative estimate of drug-likeness (QED) is 0.865. The topological polar surface area (TPSA) is 51.2 Å². The van der Waals surface area contributed by atoms with Crippen LogP contribution in [0.1, 0.15) is 31.7 Å².